The third-order valence-corrected chi connectivity index (χ3v) is 5.59. The van der Waals surface area contributed by atoms with E-state index in [4.69, 9.17) is 11.6 Å². The van der Waals surface area contributed by atoms with E-state index in [1.807, 2.05) is 61.5 Å². The van der Waals surface area contributed by atoms with Crippen LogP contribution in [-0.2, 0) is 4.79 Å². The molecule has 3 N–H and O–H groups in total. The quantitative estimate of drug-likeness (QED) is 0.471. The van der Waals surface area contributed by atoms with Gasteiger partial charge in [0.15, 0.2) is 0 Å². The van der Waals surface area contributed by atoms with E-state index in [0.29, 0.717) is 22.0 Å². The summed E-state index contributed by atoms with van der Waals surface area (Å²) in [5, 5.41) is 9.80. The summed E-state index contributed by atoms with van der Waals surface area (Å²) >= 11 is 6.21. The van der Waals surface area contributed by atoms with Crippen molar-refractivity contribution in [2.24, 2.45) is 0 Å². The maximum Gasteiger partial charge on any atom is 0.251 e. The molecule has 0 unspecified atom stereocenters. The molecule has 0 aliphatic heterocycles. The number of benzene rings is 3. The zero-order valence-electron chi connectivity index (χ0n) is 17.2. The molecule has 1 aliphatic carbocycles. The zero-order chi connectivity index (χ0) is 21.8. The summed E-state index contributed by atoms with van der Waals surface area (Å²) in [5.74, 6) is -0.319. The number of nitrogens with one attached hydrogen (secondary N) is 3. The van der Waals surface area contributed by atoms with Gasteiger partial charge in [0.05, 0.1) is 0 Å². The van der Waals surface area contributed by atoms with E-state index >= 15 is 0 Å². The summed E-state index contributed by atoms with van der Waals surface area (Å²) in [6, 6.07) is 21.7. The van der Waals surface area contributed by atoms with Crippen LogP contribution in [0.15, 0.2) is 72.8 Å². The van der Waals surface area contributed by atoms with Crippen LogP contribution in [0.5, 0.6) is 0 Å². The van der Waals surface area contributed by atoms with Crippen LogP contribution in [0.2, 0.25) is 5.02 Å². The molecule has 0 saturated heterocycles. The molecule has 3 aromatic rings. The fourth-order valence-electron chi connectivity index (χ4n) is 3.24. The number of carbonyl (C=O) groups is 2. The lowest BCUT2D eigenvalue weighted by atomic mass is 10.0. The molecule has 5 nitrogen and oxygen atoms in total. The Balaban J connectivity index is 1.56. The summed E-state index contributed by atoms with van der Waals surface area (Å²) < 4.78 is 0. The van der Waals surface area contributed by atoms with Crippen molar-refractivity contribution in [1.29, 1.82) is 0 Å². The molecule has 2 amide bonds. The molecule has 0 spiro atoms. The predicted molar refractivity (Wildman–Crippen MR) is 125 cm³/mol. The zero-order valence-corrected chi connectivity index (χ0v) is 17.9. The van der Waals surface area contributed by atoms with Crippen LogP contribution in [0.3, 0.4) is 0 Å². The number of halogens is 1. The fraction of sp³-hybridized carbons (Fsp3) is 0.200. The molecule has 0 radical (unpaired) electrons. The molecule has 0 heterocycles. The number of rotatable bonds is 7. The molecule has 1 atom stereocenters. The van der Waals surface area contributed by atoms with Crippen molar-refractivity contribution < 1.29 is 9.59 Å². The maximum atomic E-state index is 13.2. The van der Waals surface area contributed by atoms with Gasteiger partial charge in [-0.05, 0) is 61.2 Å². The summed E-state index contributed by atoms with van der Waals surface area (Å²) in [6.07, 6.45) is 2.06. The minimum absolute atomic E-state index is 0.0961. The number of carbonyl (C=O) groups excluding carboxylic acids is 2. The topological polar surface area (TPSA) is 70.2 Å². The molecule has 0 bridgehead atoms. The molecule has 3 aromatic carbocycles. The second-order valence-electron chi connectivity index (χ2n) is 7.77. The highest BCUT2D eigenvalue weighted by atomic mass is 35.5. The van der Waals surface area contributed by atoms with Gasteiger partial charge in [-0.25, -0.2) is 0 Å². The molecular weight excluding hydrogens is 410 g/mol. The SMILES string of the molecule is Cc1ccc(NC(=O)[C@@H](Nc2cccc(C(=O)NC3CC3)c2)c2ccccc2)cc1Cl. The summed E-state index contributed by atoms with van der Waals surface area (Å²) in [5.41, 5.74) is 3.63. The Bertz CT molecular complexity index is 1100. The van der Waals surface area contributed by atoms with Gasteiger partial charge in [-0.2, -0.15) is 0 Å². The van der Waals surface area contributed by atoms with Crippen molar-refractivity contribution in [3.63, 3.8) is 0 Å². The van der Waals surface area contributed by atoms with Crippen LogP contribution < -0.4 is 16.0 Å². The summed E-state index contributed by atoms with van der Waals surface area (Å²) in [4.78, 5) is 25.6. The van der Waals surface area contributed by atoms with Crippen molar-refractivity contribution >= 4 is 34.8 Å². The second kappa shape index (κ2) is 9.23. The normalized spacial score (nSPS) is 13.9. The molecule has 1 saturated carbocycles. The number of hydrogen-bond donors (Lipinski definition) is 3. The molecule has 4 rings (SSSR count). The first-order valence-corrected chi connectivity index (χ1v) is 10.7. The highest BCUT2D eigenvalue weighted by Gasteiger charge is 2.24. The predicted octanol–water partition coefficient (Wildman–Crippen LogP) is 5.33. The van der Waals surface area contributed by atoms with Gasteiger partial charge in [0.2, 0.25) is 0 Å². The standard InChI is InChI=1S/C25H24ClN3O2/c1-16-10-11-21(15-22(16)26)29-25(31)23(17-6-3-2-4-7-17)27-20-9-5-8-18(14-20)24(30)28-19-12-13-19/h2-11,14-15,19,23,27H,12-13H2,1H3,(H,28,30)(H,29,31)/t23-/m0/s1. The number of amides is 2. The Morgan fingerprint density at radius 2 is 1.71 bits per heavy atom. The van der Waals surface area contributed by atoms with Crippen molar-refractivity contribution in [2.45, 2.75) is 31.8 Å². The van der Waals surface area contributed by atoms with Gasteiger partial charge >= 0.3 is 0 Å². The van der Waals surface area contributed by atoms with Gasteiger partial charge in [0, 0.05) is 28.0 Å². The highest BCUT2D eigenvalue weighted by molar-refractivity contribution is 6.31. The molecule has 158 valence electrons. The molecule has 1 aliphatic rings. The van der Waals surface area contributed by atoms with Crippen molar-refractivity contribution in [3.8, 4) is 0 Å². The van der Waals surface area contributed by atoms with Crippen LogP contribution in [-0.4, -0.2) is 17.9 Å². The van der Waals surface area contributed by atoms with Gasteiger partial charge in [-0.1, -0.05) is 54.1 Å². The van der Waals surface area contributed by atoms with E-state index in [0.717, 1.165) is 24.0 Å². The van der Waals surface area contributed by atoms with E-state index in [9.17, 15) is 9.59 Å². The average Bonchev–Trinajstić information content (AvgIpc) is 3.59. The van der Waals surface area contributed by atoms with E-state index in [1.54, 1.807) is 18.2 Å². The Labute approximate surface area is 186 Å². The Kier molecular flexibility index (Phi) is 6.23. The Hall–Kier alpha value is -3.31. The Morgan fingerprint density at radius 1 is 0.935 bits per heavy atom. The largest absolute Gasteiger partial charge is 0.370 e. The first-order chi connectivity index (χ1) is 15.0. The maximum absolute atomic E-state index is 13.2. The summed E-state index contributed by atoms with van der Waals surface area (Å²) in [6.45, 7) is 1.91. The van der Waals surface area contributed by atoms with E-state index in [-0.39, 0.29) is 17.9 Å². The average molecular weight is 434 g/mol. The first-order valence-electron chi connectivity index (χ1n) is 10.3. The molecule has 6 heteroatoms. The van der Waals surface area contributed by atoms with Crippen molar-refractivity contribution in [2.75, 3.05) is 10.6 Å². The van der Waals surface area contributed by atoms with Crippen LogP contribution in [0.1, 0.15) is 40.4 Å². The van der Waals surface area contributed by atoms with Crippen LogP contribution in [0.4, 0.5) is 11.4 Å². The lowest BCUT2D eigenvalue weighted by molar-refractivity contribution is -0.117. The third kappa shape index (κ3) is 5.44. The smallest absolute Gasteiger partial charge is 0.251 e. The first kappa shape index (κ1) is 20.9. The fourth-order valence-corrected chi connectivity index (χ4v) is 3.42. The minimum atomic E-state index is -0.650. The van der Waals surface area contributed by atoms with Gasteiger partial charge in [0.1, 0.15) is 6.04 Å². The number of aryl methyl sites for hydroxylation is 1. The molecular formula is C25H24ClN3O2. The number of anilines is 2. The van der Waals surface area contributed by atoms with Gasteiger partial charge in [-0.15, -0.1) is 0 Å². The van der Waals surface area contributed by atoms with Crippen LogP contribution >= 0.6 is 11.6 Å². The van der Waals surface area contributed by atoms with E-state index in [1.165, 1.54) is 0 Å². The van der Waals surface area contributed by atoms with Gasteiger partial charge in [0.25, 0.3) is 11.8 Å². The molecule has 1 fully saturated rings. The minimum Gasteiger partial charge on any atom is -0.370 e. The molecule has 31 heavy (non-hydrogen) atoms. The van der Waals surface area contributed by atoms with Crippen molar-refractivity contribution in [1.82, 2.24) is 5.32 Å². The summed E-state index contributed by atoms with van der Waals surface area (Å²) in [7, 11) is 0. The van der Waals surface area contributed by atoms with Gasteiger partial charge < -0.3 is 16.0 Å². The third-order valence-electron chi connectivity index (χ3n) is 5.18. The van der Waals surface area contributed by atoms with Gasteiger partial charge in [-0.3, -0.25) is 9.59 Å². The highest BCUT2D eigenvalue weighted by Crippen LogP contribution is 2.25. The van der Waals surface area contributed by atoms with Crippen LogP contribution in [0, 0.1) is 6.92 Å². The van der Waals surface area contributed by atoms with E-state index in [2.05, 4.69) is 16.0 Å². The lowest BCUT2D eigenvalue weighted by Crippen LogP contribution is -2.28. The van der Waals surface area contributed by atoms with E-state index < -0.39 is 6.04 Å². The Morgan fingerprint density at radius 3 is 2.42 bits per heavy atom. The number of hydrogen-bond acceptors (Lipinski definition) is 3. The lowest BCUT2D eigenvalue weighted by Gasteiger charge is -2.20. The molecule has 0 aromatic heterocycles. The second-order valence-corrected chi connectivity index (χ2v) is 8.18. The van der Waals surface area contributed by atoms with Crippen molar-refractivity contribution in [3.05, 3.63) is 94.5 Å². The monoisotopic (exact) mass is 433 g/mol. The van der Waals surface area contributed by atoms with Crippen LogP contribution in [0.25, 0.3) is 0 Å².